The van der Waals surface area contributed by atoms with E-state index in [1.165, 1.54) is 13.2 Å². The summed E-state index contributed by atoms with van der Waals surface area (Å²) in [6.45, 7) is -0.102. The van der Waals surface area contributed by atoms with Crippen LogP contribution in [0.2, 0.25) is 0 Å². The first-order valence-corrected chi connectivity index (χ1v) is 12.7. The van der Waals surface area contributed by atoms with Crippen LogP contribution in [0.3, 0.4) is 0 Å². The van der Waals surface area contributed by atoms with Gasteiger partial charge in [0, 0.05) is 37.5 Å². The third-order valence-electron chi connectivity index (χ3n) is 6.68. The number of amides is 1. The largest absolute Gasteiger partial charge is 0.466 e. The number of methoxy groups -OCH3 is 1. The molecule has 37 heavy (non-hydrogen) atoms. The van der Waals surface area contributed by atoms with Crippen LogP contribution in [0.4, 0.5) is 11.4 Å². The van der Waals surface area contributed by atoms with Crippen LogP contribution < -0.4 is 9.80 Å². The standard InChI is InChI=1S/C32H36N2O3/c1-33(2)29-19-17-27(18-20-29)26-15-12-25(13-16-26)23-34(32(36)28-9-5-4-6-10-28)30-11-7-8-24(22-30)14-21-31(35)37-3/h7-8,11-22,28H,4-6,9-10,23H2,1-3H3/b21-14+/i12D,13D,15D,16D. The third-order valence-corrected chi connectivity index (χ3v) is 6.68. The van der Waals surface area contributed by atoms with Crippen LogP contribution in [0.1, 0.15) is 48.7 Å². The van der Waals surface area contributed by atoms with Gasteiger partial charge in [-0.2, -0.15) is 0 Å². The Kier molecular flexibility index (Phi) is 7.12. The van der Waals surface area contributed by atoms with Crippen molar-refractivity contribution in [3.8, 4) is 11.1 Å². The van der Waals surface area contributed by atoms with Gasteiger partial charge in [-0.25, -0.2) is 4.79 Å². The number of carbonyl (C=O) groups excluding carboxylic acids is 2. The maximum Gasteiger partial charge on any atom is 0.330 e. The molecule has 3 aromatic carbocycles. The van der Waals surface area contributed by atoms with E-state index in [-0.39, 0.29) is 53.7 Å². The minimum atomic E-state index is -0.495. The fraction of sp³-hybridized carbons (Fsp3) is 0.312. The normalized spacial score (nSPS) is 15.4. The Hall–Kier alpha value is -3.86. The molecule has 1 fully saturated rings. The van der Waals surface area contributed by atoms with E-state index in [1.54, 1.807) is 47.4 Å². The van der Waals surface area contributed by atoms with E-state index in [0.29, 0.717) is 16.8 Å². The van der Waals surface area contributed by atoms with Gasteiger partial charge in [-0.15, -0.1) is 0 Å². The van der Waals surface area contributed by atoms with Gasteiger partial charge in [-0.05, 0) is 65.4 Å². The maximum absolute atomic E-state index is 13.9. The minimum absolute atomic E-state index is 0.0981. The molecular formula is C32H36N2O3. The average molecular weight is 501 g/mol. The molecule has 0 N–H and O–H groups in total. The van der Waals surface area contributed by atoms with Crippen LogP contribution in [0.25, 0.3) is 17.2 Å². The molecule has 0 unspecified atom stereocenters. The fourth-order valence-corrected chi connectivity index (χ4v) is 4.54. The molecule has 0 aliphatic heterocycles. The van der Waals surface area contributed by atoms with Crippen LogP contribution in [0.15, 0.2) is 78.8 Å². The smallest absolute Gasteiger partial charge is 0.330 e. The first-order valence-electron chi connectivity index (χ1n) is 14.7. The van der Waals surface area contributed by atoms with Crippen molar-refractivity contribution in [1.82, 2.24) is 0 Å². The SMILES string of the molecule is [2H]c1c([2H])c(-c2ccc(N(C)C)cc2)c([2H])c([2H])c1CN(C(=O)C1CCCCC1)c1cccc(/C=C/C(=O)OC)c1. The molecule has 3 aromatic rings. The molecule has 0 radical (unpaired) electrons. The van der Waals surface area contributed by atoms with Crippen molar-refractivity contribution in [2.75, 3.05) is 31.0 Å². The summed E-state index contributed by atoms with van der Waals surface area (Å²) in [6.07, 6.45) is 7.47. The summed E-state index contributed by atoms with van der Waals surface area (Å²) in [5, 5.41) is 0. The summed E-state index contributed by atoms with van der Waals surface area (Å²) >= 11 is 0. The Morgan fingerprint density at radius 1 is 0.946 bits per heavy atom. The summed E-state index contributed by atoms with van der Waals surface area (Å²) in [7, 11) is 5.14. The lowest BCUT2D eigenvalue weighted by Crippen LogP contribution is -2.36. The topological polar surface area (TPSA) is 49.9 Å². The molecule has 0 bridgehead atoms. The van der Waals surface area contributed by atoms with Gasteiger partial charge in [0.2, 0.25) is 5.91 Å². The number of carbonyl (C=O) groups is 2. The molecule has 5 nitrogen and oxygen atoms in total. The van der Waals surface area contributed by atoms with Gasteiger partial charge in [0.05, 0.1) is 19.1 Å². The molecule has 0 saturated heterocycles. The van der Waals surface area contributed by atoms with E-state index in [1.807, 2.05) is 31.1 Å². The molecule has 1 saturated carbocycles. The first kappa shape index (κ1) is 21.2. The molecular weight excluding hydrogens is 460 g/mol. The van der Waals surface area contributed by atoms with Crippen LogP contribution in [-0.2, 0) is 20.9 Å². The van der Waals surface area contributed by atoms with Crippen LogP contribution in [0.5, 0.6) is 0 Å². The second kappa shape index (κ2) is 12.4. The molecule has 192 valence electrons. The highest BCUT2D eigenvalue weighted by molar-refractivity contribution is 5.95. The van der Waals surface area contributed by atoms with E-state index >= 15 is 0 Å². The molecule has 0 heterocycles. The van der Waals surface area contributed by atoms with E-state index in [9.17, 15) is 9.59 Å². The van der Waals surface area contributed by atoms with E-state index < -0.39 is 5.97 Å². The Bertz CT molecular complexity index is 1420. The zero-order valence-corrected chi connectivity index (χ0v) is 21.7. The average Bonchev–Trinajstić information content (AvgIpc) is 2.99. The zero-order valence-electron chi connectivity index (χ0n) is 25.7. The van der Waals surface area contributed by atoms with Crippen LogP contribution in [-0.4, -0.2) is 33.1 Å². The summed E-state index contributed by atoms with van der Waals surface area (Å²) < 4.78 is 40.0. The quantitative estimate of drug-likeness (QED) is 0.254. The third kappa shape index (κ3) is 6.88. The number of rotatable bonds is 8. The Morgan fingerprint density at radius 2 is 1.65 bits per heavy atom. The van der Waals surface area contributed by atoms with Gasteiger partial charge in [0.1, 0.15) is 0 Å². The first-order chi connectivity index (χ1) is 19.6. The minimum Gasteiger partial charge on any atom is -0.466 e. The summed E-state index contributed by atoms with van der Waals surface area (Å²) in [6, 6.07) is 13.9. The second-order valence-electron chi connectivity index (χ2n) is 9.51. The number of nitrogens with zero attached hydrogens (tertiary/aromatic N) is 2. The number of ether oxygens (including phenoxy) is 1. The number of anilines is 2. The number of benzene rings is 3. The van der Waals surface area contributed by atoms with E-state index in [4.69, 9.17) is 5.48 Å². The lowest BCUT2D eigenvalue weighted by molar-refractivity contribution is -0.134. The lowest BCUT2D eigenvalue weighted by Gasteiger charge is -2.30. The molecule has 0 spiro atoms. The van der Waals surface area contributed by atoms with Gasteiger partial charge in [-0.1, -0.05) is 67.7 Å². The Balaban J connectivity index is 1.76. The number of hydrogen-bond donors (Lipinski definition) is 0. The molecule has 4 rings (SSSR count). The van der Waals surface area contributed by atoms with Gasteiger partial charge < -0.3 is 14.5 Å². The summed E-state index contributed by atoms with van der Waals surface area (Å²) in [5.41, 5.74) is 3.20. The van der Waals surface area contributed by atoms with Crippen molar-refractivity contribution in [2.24, 2.45) is 5.92 Å². The highest BCUT2D eigenvalue weighted by Gasteiger charge is 2.27. The number of esters is 1. The van der Waals surface area contributed by atoms with E-state index in [0.717, 1.165) is 37.8 Å². The lowest BCUT2D eigenvalue weighted by atomic mass is 9.88. The Labute approximate surface area is 226 Å². The van der Waals surface area contributed by atoms with Gasteiger partial charge in [-0.3, -0.25) is 4.79 Å². The predicted octanol–water partition coefficient (Wildman–Crippen LogP) is 6.72. The van der Waals surface area contributed by atoms with Crippen molar-refractivity contribution >= 4 is 29.3 Å². The van der Waals surface area contributed by atoms with Crippen molar-refractivity contribution in [3.05, 3.63) is 89.9 Å². The summed E-state index contributed by atoms with van der Waals surface area (Å²) in [5.74, 6) is -0.772. The highest BCUT2D eigenvalue weighted by atomic mass is 16.5. The van der Waals surface area contributed by atoms with Crippen molar-refractivity contribution < 1.29 is 19.8 Å². The molecule has 1 amide bonds. The van der Waals surface area contributed by atoms with Crippen LogP contribution in [0, 0.1) is 5.92 Å². The maximum atomic E-state index is 13.9. The Morgan fingerprint density at radius 3 is 2.30 bits per heavy atom. The second-order valence-corrected chi connectivity index (χ2v) is 9.51. The van der Waals surface area contributed by atoms with Crippen molar-refractivity contribution in [1.29, 1.82) is 0 Å². The zero-order chi connectivity index (χ0) is 29.7. The molecule has 1 aliphatic rings. The van der Waals surface area contributed by atoms with Crippen LogP contribution >= 0.6 is 0 Å². The van der Waals surface area contributed by atoms with Gasteiger partial charge in [0.15, 0.2) is 0 Å². The van der Waals surface area contributed by atoms with E-state index in [2.05, 4.69) is 4.74 Å². The van der Waals surface area contributed by atoms with Crippen molar-refractivity contribution in [2.45, 2.75) is 38.6 Å². The molecule has 5 heteroatoms. The molecule has 0 aromatic heterocycles. The summed E-state index contributed by atoms with van der Waals surface area (Å²) in [4.78, 5) is 29.0. The van der Waals surface area contributed by atoms with Gasteiger partial charge in [0.25, 0.3) is 0 Å². The monoisotopic (exact) mass is 500 g/mol. The highest BCUT2D eigenvalue weighted by Crippen LogP contribution is 2.30. The fourth-order valence-electron chi connectivity index (χ4n) is 4.54. The van der Waals surface area contributed by atoms with Crippen molar-refractivity contribution in [3.63, 3.8) is 0 Å². The molecule has 1 aliphatic carbocycles. The van der Waals surface area contributed by atoms with Gasteiger partial charge >= 0.3 is 5.97 Å². The predicted molar refractivity (Wildman–Crippen MR) is 151 cm³/mol. The molecule has 0 atom stereocenters. The number of hydrogen-bond acceptors (Lipinski definition) is 4.